The lowest BCUT2D eigenvalue weighted by atomic mass is 9.86. The van der Waals surface area contributed by atoms with Crippen LogP contribution < -0.4 is 0 Å². The lowest BCUT2D eigenvalue weighted by molar-refractivity contribution is -0.110. The molecule has 0 radical (unpaired) electrons. The van der Waals surface area contributed by atoms with E-state index in [9.17, 15) is 9.59 Å². The predicted octanol–water partition coefficient (Wildman–Crippen LogP) is 3.88. The van der Waals surface area contributed by atoms with Gasteiger partial charge in [0.05, 0.1) is 0 Å². The average Bonchev–Trinajstić information content (AvgIpc) is 2.14. The zero-order valence-electron chi connectivity index (χ0n) is 10.9. The monoisotopic (exact) mass is 274 g/mol. The minimum absolute atomic E-state index is 0.211. The first kappa shape index (κ1) is 15.1. The summed E-state index contributed by atoms with van der Waals surface area (Å²) in [4.78, 5) is 22.1. The second kappa shape index (κ2) is 7.47. The van der Waals surface area contributed by atoms with Crippen LogP contribution in [0.3, 0.4) is 0 Å². The zero-order chi connectivity index (χ0) is 12.8. The molecule has 1 rings (SSSR count). The van der Waals surface area contributed by atoms with Crippen LogP contribution in [-0.4, -0.2) is 20.7 Å². The highest BCUT2D eigenvalue weighted by atomic mass is 32.2. The third-order valence-corrected chi connectivity index (χ3v) is 5.12. The summed E-state index contributed by atoms with van der Waals surface area (Å²) in [5.74, 6) is 0.697. The van der Waals surface area contributed by atoms with Crippen LogP contribution >= 0.6 is 23.5 Å². The van der Waals surface area contributed by atoms with Crippen molar-refractivity contribution in [3.63, 3.8) is 0 Å². The fraction of sp³-hybridized carbons (Fsp3) is 0.846. The van der Waals surface area contributed by atoms with Gasteiger partial charge in [-0.05, 0) is 25.2 Å². The summed E-state index contributed by atoms with van der Waals surface area (Å²) < 4.78 is 0. The summed E-state index contributed by atoms with van der Waals surface area (Å²) in [6.45, 7) is 5.42. The molecule has 0 aromatic rings. The van der Waals surface area contributed by atoms with Crippen LogP contribution in [0.5, 0.6) is 0 Å². The van der Waals surface area contributed by atoms with Gasteiger partial charge in [0.2, 0.25) is 0 Å². The van der Waals surface area contributed by atoms with Crippen LogP contribution in [0.2, 0.25) is 0 Å². The largest absolute Gasteiger partial charge is 0.288 e. The summed E-state index contributed by atoms with van der Waals surface area (Å²) in [7, 11) is 0. The van der Waals surface area contributed by atoms with E-state index in [1.807, 2.05) is 0 Å². The lowest BCUT2D eigenvalue weighted by Crippen LogP contribution is -2.21. The van der Waals surface area contributed by atoms with E-state index in [-0.39, 0.29) is 10.2 Å². The first-order valence-corrected chi connectivity index (χ1v) is 8.07. The Kier molecular flexibility index (Phi) is 6.63. The van der Waals surface area contributed by atoms with Crippen LogP contribution in [-0.2, 0) is 9.59 Å². The molecule has 0 N–H and O–H groups in total. The molecule has 0 amide bonds. The van der Waals surface area contributed by atoms with E-state index in [2.05, 4.69) is 6.92 Å². The minimum atomic E-state index is 0.211. The smallest absolute Gasteiger partial charge is 0.186 e. The van der Waals surface area contributed by atoms with Crippen molar-refractivity contribution in [3.8, 4) is 0 Å². The molecule has 3 atom stereocenters. The number of carbonyl (C=O) groups is 2. The van der Waals surface area contributed by atoms with E-state index in [0.29, 0.717) is 16.4 Å². The van der Waals surface area contributed by atoms with Crippen molar-refractivity contribution in [3.05, 3.63) is 0 Å². The Hall–Kier alpha value is 0.0400. The number of carbonyl (C=O) groups excluding carboxylic acids is 2. The lowest BCUT2D eigenvalue weighted by Gasteiger charge is -2.29. The van der Waals surface area contributed by atoms with Gasteiger partial charge in [-0.15, -0.1) is 0 Å². The molecule has 0 unspecified atom stereocenters. The number of thioether (sulfide) groups is 2. The fourth-order valence-corrected chi connectivity index (χ4v) is 4.66. The number of rotatable bonds is 4. The molecule has 1 aliphatic carbocycles. The summed E-state index contributed by atoms with van der Waals surface area (Å²) in [6.07, 6.45) is 5.92. The Labute approximate surface area is 113 Å². The van der Waals surface area contributed by atoms with Gasteiger partial charge in [-0.2, -0.15) is 0 Å². The van der Waals surface area contributed by atoms with E-state index in [0.717, 1.165) is 12.8 Å². The van der Waals surface area contributed by atoms with E-state index in [1.165, 1.54) is 42.8 Å². The third kappa shape index (κ3) is 6.51. The maximum absolute atomic E-state index is 11.1. The van der Waals surface area contributed by atoms with Gasteiger partial charge in [0, 0.05) is 24.3 Å². The first-order chi connectivity index (χ1) is 7.97. The highest BCUT2D eigenvalue weighted by Gasteiger charge is 2.25. The van der Waals surface area contributed by atoms with Gasteiger partial charge in [0.25, 0.3) is 0 Å². The zero-order valence-corrected chi connectivity index (χ0v) is 12.5. The Morgan fingerprint density at radius 3 is 2.53 bits per heavy atom. The molecule has 2 nitrogen and oxygen atoms in total. The molecule has 0 spiro atoms. The number of hydrogen-bond acceptors (Lipinski definition) is 4. The van der Waals surface area contributed by atoms with Gasteiger partial charge in [0.15, 0.2) is 10.2 Å². The average molecular weight is 274 g/mol. The van der Waals surface area contributed by atoms with Gasteiger partial charge in [-0.25, -0.2) is 0 Å². The van der Waals surface area contributed by atoms with Crippen molar-refractivity contribution in [2.45, 2.75) is 63.4 Å². The molecule has 0 aromatic carbocycles. The molecule has 0 heterocycles. The second-order valence-electron chi connectivity index (χ2n) is 4.92. The van der Waals surface area contributed by atoms with Crippen molar-refractivity contribution >= 4 is 33.8 Å². The molecule has 17 heavy (non-hydrogen) atoms. The molecule has 0 saturated heterocycles. The van der Waals surface area contributed by atoms with Crippen LogP contribution in [0.4, 0.5) is 0 Å². The van der Waals surface area contributed by atoms with Crippen LogP contribution in [0.1, 0.15) is 52.9 Å². The van der Waals surface area contributed by atoms with Crippen molar-refractivity contribution < 1.29 is 9.59 Å². The maximum Gasteiger partial charge on any atom is 0.186 e. The standard InChI is InChI=1S/C13H22O2S2/c1-9(16-10(2)14)7-12-5-4-6-13(8-12)17-11(3)15/h9,12-13H,4-8H2,1-3H3/t9-,12+,13+/m1/s1. The van der Waals surface area contributed by atoms with Crippen LogP contribution in [0.15, 0.2) is 0 Å². The summed E-state index contributed by atoms with van der Waals surface area (Å²) >= 11 is 2.96. The Morgan fingerprint density at radius 2 is 1.94 bits per heavy atom. The maximum atomic E-state index is 11.1. The SMILES string of the molecule is CC(=O)S[C@H]1CCC[C@@H](C[C@@H](C)SC(C)=O)C1. The van der Waals surface area contributed by atoms with Gasteiger partial charge in [-0.1, -0.05) is 43.3 Å². The van der Waals surface area contributed by atoms with Crippen molar-refractivity contribution in [1.82, 2.24) is 0 Å². The van der Waals surface area contributed by atoms with Gasteiger partial charge in [0.1, 0.15) is 0 Å². The van der Waals surface area contributed by atoms with Crippen molar-refractivity contribution in [1.29, 1.82) is 0 Å². The van der Waals surface area contributed by atoms with Gasteiger partial charge in [-0.3, -0.25) is 9.59 Å². The molecule has 0 bridgehead atoms. The Balaban J connectivity index is 2.33. The number of hydrogen-bond donors (Lipinski definition) is 0. The first-order valence-electron chi connectivity index (χ1n) is 6.31. The fourth-order valence-electron chi connectivity index (χ4n) is 2.60. The van der Waals surface area contributed by atoms with Crippen molar-refractivity contribution in [2.75, 3.05) is 0 Å². The summed E-state index contributed by atoms with van der Waals surface area (Å²) in [5, 5.41) is 1.38. The molecule has 4 heteroatoms. The molecular formula is C13H22O2S2. The Morgan fingerprint density at radius 1 is 1.24 bits per heavy atom. The highest BCUT2D eigenvalue weighted by molar-refractivity contribution is 8.14. The summed E-state index contributed by atoms with van der Waals surface area (Å²) in [6, 6.07) is 0. The van der Waals surface area contributed by atoms with E-state index < -0.39 is 0 Å². The molecule has 0 aliphatic heterocycles. The quantitative estimate of drug-likeness (QED) is 0.779. The minimum Gasteiger partial charge on any atom is -0.288 e. The van der Waals surface area contributed by atoms with Crippen LogP contribution in [0, 0.1) is 5.92 Å². The molecule has 98 valence electrons. The normalized spacial score (nSPS) is 26.5. The topological polar surface area (TPSA) is 34.1 Å². The van der Waals surface area contributed by atoms with Crippen molar-refractivity contribution in [2.24, 2.45) is 5.92 Å². The van der Waals surface area contributed by atoms with Gasteiger partial charge < -0.3 is 0 Å². The molecular weight excluding hydrogens is 252 g/mol. The molecule has 1 saturated carbocycles. The molecule has 1 fully saturated rings. The van der Waals surface area contributed by atoms with E-state index in [1.54, 1.807) is 13.8 Å². The molecule has 1 aliphatic rings. The summed E-state index contributed by atoms with van der Waals surface area (Å²) in [5.41, 5.74) is 0. The van der Waals surface area contributed by atoms with Gasteiger partial charge >= 0.3 is 0 Å². The Bertz CT molecular complexity index is 277. The van der Waals surface area contributed by atoms with E-state index in [4.69, 9.17) is 0 Å². The third-order valence-electron chi connectivity index (χ3n) is 3.10. The second-order valence-corrected chi connectivity index (χ2v) is 8.01. The highest BCUT2D eigenvalue weighted by Crippen LogP contribution is 2.36. The predicted molar refractivity (Wildman–Crippen MR) is 76.4 cm³/mol. The molecule has 0 aromatic heterocycles. The van der Waals surface area contributed by atoms with Crippen LogP contribution in [0.25, 0.3) is 0 Å². The van der Waals surface area contributed by atoms with E-state index >= 15 is 0 Å².